The number of benzene rings is 3. The normalized spacial score (nSPS) is 11.0. The van der Waals surface area contributed by atoms with Crippen molar-refractivity contribution in [3.63, 3.8) is 0 Å². The summed E-state index contributed by atoms with van der Waals surface area (Å²) in [6, 6.07) is 20.6. The predicted octanol–water partition coefficient (Wildman–Crippen LogP) is 6.20. The van der Waals surface area contributed by atoms with Crippen LogP contribution >= 0.6 is 11.3 Å². The SMILES string of the molecule is O=C(O)c1c(-c2ccc(Nc3nc4ccc(F)cc4s3)cc2)noc1-c1ccccc1. The number of thiazole rings is 1. The third-order valence-corrected chi connectivity index (χ3v) is 5.64. The highest BCUT2D eigenvalue weighted by Crippen LogP contribution is 2.34. The maximum atomic E-state index is 13.4. The highest BCUT2D eigenvalue weighted by atomic mass is 32.1. The molecule has 5 aromatic rings. The maximum Gasteiger partial charge on any atom is 0.342 e. The molecule has 0 fully saturated rings. The lowest BCUT2D eigenvalue weighted by Gasteiger charge is -2.04. The second kappa shape index (κ2) is 7.66. The van der Waals surface area contributed by atoms with Crippen LogP contribution in [0.3, 0.4) is 0 Å². The van der Waals surface area contributed by atoms with Gasteiger partial charge in [0.1, 0.15) is 17.1 Å². The number of carboxylic acids is 1. The van der Waals surface area contributed by atoms with Crippen molar-refractivity contribution in [3.05, 3.63) is 84.2 Å². The smallest absolute Gasteiger partial charge is 0.342 e. The number of rotatable bonds is 5. The van der Waals surface area contributed by atoms with Crippen molar-refractivity contribution < 1.29 is 18.8 Å². The molecule has 0 bridgehead atoms. The number of aromatic nitrogens is 2. The van der Waals surface area contributed by atoms with Gasteiger partial charge in [-0.3, -0.25) is 0 Å². The zero-order valence-electron chi connectivity index (χ0n) is 15.9. The van der Waals surface area contributed by atoms with Crippen molar-refractivity contribution in [2.75, 3.05) is 5.32 Å². The Kier molecular flexibility index (Phi) is 4.68. The number of hydrogen-bond donors (Lipinski definition) is 2. The summed E-state index contributed by atoms with van der Waals surface area (Å²) in [5.74, 6) is -1.20. The molecule has 0 saturated carbocycles. The van der Waals surface area contributed by atoms with Crippen LogP contribution in [0.1, 0.15) is 10.4 Å². The molecule has 0 aliphatic heterocycles. The molecule has 5 rings (SSSR count). The van der Waals surface area contributed by atoms with Crippen LogP contribution < -0.4 is 5.32 Å². The minimum atomic E-state index is -1.11. The van der Waals surface area contributed by atoms with Crippen LogP contribution in [0.2, 0.25) is 0 Å². The fourth-order valence-corrected chi connectivity index (χ4v) is 4.17. The number of aromatic carboxylic acids is 1. The highest BCUT2D eigenvalue weighted by molar-refractivity contribution is 7.22. The Morgan fingerprint density at radius 3 is 2.52 bits per heavy atom. The Labute approximate surface area is 179 Å². The average Bonchev–Trinajstić information content (AvgIpc) is 3.38. The summed E-state index contributed by atoms with van der Waals surface area (Å²) < 4.78 is 19.5. The van der Waals surface area contributed by atoms with Crippen LogP contribution in [0, 0.1) is 5.82 Å². The molecule has 0 atom stereocenters. The molecule has 6 nitrogen and oxygen atoms in total. The van der Waals surface area contributed by atoms with E-state index in [1.54, 1.807) is 54.6 Å². The zero-order valence-corrected chi connectivity index (χ0v) is 16.7. The predicted molar refractivity (Wildman–Crippen MR) is 117 cm³/mol. The summed E-state index contributed by atoms with van der Waals surface area (Å²) in [5.41, 5.74) is 3.00. The molecule has 2 N–H and O–H groups in total. The van der Waals surface area contributed by atoms with Gasteiger partial charge in [-0.1, -0.05) is 59.0 Å². The molecule has 8 heteroatoms. The number of carbonyl (C=O) groups is 1. The second-order valence-corrected chi connectivity index (χ2v) is 7.77. The molecule has 0 unspecified atom stereocenters. The van der Waals surface area contributed by atoms with E-state index in [2.05, 4.69) is 15.5 Å². The van der Waals surface area contributed by atoms with Crippen LogP contribution in [-0.2, 0) is 0 Å². The third kappa shape index (κ3) is 3.64. The summed E-state index contributed by atoms with van der Waals surface area (Å²) in [6.07, 6.45) is 0. The summed E-state index contributed by atoms with van der Waals surface area (Å²) in [5, 5.41) is 17.6. The minimum absolute atomic E-state index is 0.0140. The van der Waals surface area contributed by atoms with Gasteiger partial charge in [-0.15, -0.1) is 0 Å². The molecule has 2 aromatic heterocycles. The van der Waals surface area contributed by atoms with E-state index in [-0.39, 0.29) is 22.8 Å². The van der Waals surface area contributed by atoms with E-state index in [0.717, 1.165) is 10.4 Å². The lowest BCUT2D eigenvalue weighted by atomic mass is 10.0. The van der Waals surface area contributed by atoms with Crippen molar-refractivity contribution >= 4 is 38.3 Å². The molecular weight excluding hydrogens is 417 g/mol. The molecule has 0 spiro atoms. The van der Waals surface area contributed by atoms with E-state index in [1.165, 1.54) is 23.5 Å². The third-order valence-electron chi connectivity index (χ3n) is 4.70. The van der Waals surface area contributed by atoms with Gasteiger partial charge in [0.15, 0.2) is 10.9 Å². The first-order chi connectivity index (χ1) is 15.1. The van der Waals surface area contributed by atoms with Crippen molar-refractivity contribution in [1.29, 1.82) is 0 Å². The second-order valence-electron chi connectivity index (χ2n) is 6.74. The largest absolute Gasteiger partial charge is 0.477 e. The number of hydrogen-bond acceptors (Lipinski definition) is 6. The average molecular weight is 431 g/mol. The van der Waals surface area contributed by atoms with Crippen LogP contribution in [0.5, 0.6) is 0 Å². The zero-order chi connectivity index (χ0) is 21.4. The summed E-state index contributed by atoms with van der Waals surface area (Å²) in [7, 11) is 0. The first-order valence-corrected chi connectivity index (χ1v) is 10.1. The van der Waals surface area contributed by atoms with Crippen molar-refractivity contribution in [3.8, 4) is 22.6 Å². The van der Waals surface area contributed by atoms with Crippen molar-refractivity contribution in [2.24, 2.45) is 0 Å². The molecule has 2 heterocycles. The molecule has 0 aliphatic carbocycles. The van der Waals surface area contributed by atoms with Crippen molar-refractivity contribution in [2.45, 2.75) is 0 Å². The van der Waals surface area contributed by atoms with E-state index in [9.17, 15) is 14.3 Å². The standard InChI is InChI=1S/C23H14FN3O3S/c24-15-8-11-17-18(12-15)31-23(26-17)25-16-9-6-13(7-10-16)20-19(22(28)29)21(30-27-20)14-4-2-1-3-5-14/h1-12H,(H,25,26)(H,28,29). The van der Waals surface area contributed by atoms with Crippen LogP contribution in [0.4, 0.5) is 15.2 Å². The van der Waals surface area contributed by atoms with Gasteiger partial charge >= 0.3 is 5.97 Å². The van der Waals surface area contributed by atoms with Crippen LogP contribution in [0.15, 0.2) is 77.3 Å². The number of nitrogens with one attached hydrogen (secondary N) is 1. The Bertz CT molecular complexity index is 1400. The summed E-state index contributed by atoms with van der Waals surface area (Å²) >= 11 is 1.35. The topological polar surface area (TPSA) is 88.2 Å². The lowest BCUT2D eigenvalue weighted by Crippen LogP contribution is -1.99. The molecule has 152 valence electrons. The monoisotopic (exact) mass is 431 g/mol. The first kappa shape index (κ1) is 19.0. The molecule has 0 aliphatic rings. The molecule has 31 heavy (non-hydrogen) atoms. The molecule has 0 amide bonds. The minimum Gasteiger partial charge on any atom is -0.477 e. The van der Waals surface area contributed by atoms with Crippen molar-refractivity contribution in [1.82, 2.24) is 10.1 Å². The fraction of sp³-hybridized carbons (Fsp3) is 0. The van der Waals surface area contributed by atoms with Gasteiger partial charge in [0.05, 0.1) is 10.2 Å². The first-order valence-electron chi connectivity index (χ1n) is 9.30. The molecule has 0 saturated heterocycles. The van der Waals surface area contributed by atoms with Crippen LogP contribution in [0.25, 0.3) is 32.8 Å². The van der Waals surface area contributed by atoms with Gasteiger partial charge in [0, 0.05) is 16.8 Å². The van der Waals surface area contributed by atoms with Crippen LogP contribution in [-0.4, -0.2) is 21.2 Å². The number of halogens is 1. The number of fused-ring (bicyclic) bond motifs is 1. The van der Waals surface area contributed by atoms with E-state index < -0.39 is 5.97 Å². The molecule has 3 aromatic carbocycles. The van der Waals surface area contributed by atoms with Gasteiger partial charge in [-0.05, 0) is 30.3 Å². The Balaban J connectivity index is 1.44. The van der Waals surface area contributed by atoms with E-state index in [0.29, 0.717) is 21.8 Å². The van der Waals surface area contributed by atoms with Gasteiger partial charge in [-0.25, -0.2) is 14.2 Å². The number of carboxylic acid groups (broad SMARTS) is 1. The lowest BCUT2D eigenvalue weighted by molar-refractivity contribution is 0.0698. The Morgan fingerprint density at radius 1 is 1.00 bits per heavy atom. The highest BCUT2D eigenvalue weighted by Gasteiger charge is 2.24. The van der Waals surface area contributed by atoms with Gasteiger partial charge in [0.2, 0.25) is 0 Å². The quantitative estimate of drug-likeness (QED) is 0.344. The summed E-state index contributed by atoms with van der Waals surface area (Å²) in [6.45, 7) is 0. The molecule has 0 radical (unpaired) electrons. The molecular formula is C23H14FN3O3S. The van der Waals surface area contributed by atoms with E-state index in [4.69, 9.17) is 4.52 Å². The van der Waals surface area contributed by atoms with E-state index >= 15 is 0 Å². The maximum absolute atomic E-state index is 13.4. The number of anilines is 2. The van der Waals surface area contributed by atoms with Gasteiger partial charge in [-0.2, -0.15) is 0 Å². The Morgan fingerprint density at radius 2 is 1.77 bits per heavy atom. The fourth-order valence-electron chi connectivity index (χ4n) is 3.26. The Hall–Kier alpha value is -4.04. The van der Waals surface area contributed by atoms with Gasteiger partial charge < -0.3 is 14.9 Å². The summed E-state index contributed by atoms with van der Waals surface area (Å²) in [4.78, 5) is 16.4. The van der Waals surface area contributed by atoms with E-state index in [1.807, 2.05) is 6.07 Å². The number of nitrogens with zero attached hydrogens (tertiary/aromatic N) is 2. The van der Waals surface area contributed by atoms with Gasteiger partial charge in [0.25, 0.3) is 0 Å².